The van der Waals surface area contributed by atoms with E-state index >= 15 is 0 Å². The van der Waals surface area contributed by atoms with Gasteiger partial charge in [-0.15, -0.1) is 0 Å². The Labute approximate surface area is 242 Å². The Hall–Kier alpha value is -2.66. The average molecular weight is 553 g/mol. The third-order valence-corrected chi connectivity index (χ3v) is 10.8. The summed E-state index contributed by atoms with van der Waals surface area (Å²) >= 11 is 0. The van der Waals surface area contributed by atoms with E-state index in [1.165, 1.54) is 0 Å². The maximum Gasteiger partial charge on any atom is 0.310 e. The van der Waals surface area contributed by atoms with Crippen molar-refractivity contribution in [1.82, 2.24) is 14.7 Å². The number of nitrogens with zero attached hydrogens (tertiary/aromatic N) is 6. The fourth-order valence-electron chi connectivity index (χ4n) is 10.2. The highest BCUT2D eigenvalue weighted by atomic mass is 16.4. The van der Waals surface area contributed by atoms with Gasteiger partial charge in [0.15, 0.2) is 18.6 Å². The van der Waals surface area contributed by atoms with Crippen LogP contribution in [0, 0.1) is 57.5 Å². The Bertz CT molecular complexity index is 960. The Morgan fingerprint density at radius 1 is 0.550 bits per heavy atom. The predicted octanol–water partition coefficient (Wildman–Crippen LogP) is 6.31. The maximum atomic E-state index is 14.2. The van der Waals surface area contributed by atoms with Gasteiger partial charge in [0.2, 0.25) is 0 Å². The molecule has 0 saturated carbocycles. The van der Waals surface area contributed by atoms with E-state index in [9.17, 15) is 25.7 Å². The standard InChI is InChI=1S/C32H52N6O2/c1-26(2)13-22(14-27(3,4)36(26)19-33)32(25(39)40,23-15-28(5,6)37(20-34)29(7,8)16-23)24-17-30(9,10)38(21-35)31(11,12)18-24/h22-24H,13-18H2,1-12H3,(H,39,40). The summed E-state index contributed by atoms with van der Waals surface area (Å²) in [5.41, 5.74) is -4.19. The van der Waals surface area contributed by atoms with Crippen molar-refractivity contribution in [2.75, 3.05) is 0 Å². The number of aliphatic carboxylic acids is 1. The normalized spacial score (nSPS) is 27.8. The molecule has 8 heteroatoms. The zero-order valence-corrected chi connectivity index (χ0v) is 27.0. The van der Waals surface area contributed by atoms with Crippen molar-refractivity contribution in [3.63, 3.8) is 0 Å². The van der Waals surface area contributed by atoms with Gasteiger partial charge < -0.3 is 5.11 Å². The second-order valence-electron chi connectivity index (χ2n) is 16.7. The average Bonchev–Trinajstić information content (AvgIpc) is 2.69. The molecule has 0 aromatic carbocycles. The Morgan fingerprint density at radius 2 is 0.725 bits per heavy atom. The van der Waals surface area contributed by atoms with E-state index in [2.05, 4.69) is 102 Å². The van der Waals surface area contributed by atoms with E-state index in [1.807, 2.05) is 14.7 Å². The zero-order valence-electron chi connectivity index (χ0n) is 27.0. The van der Waals surface area contributed by atoms with Gasteiger partial charge >= 0.3 is 5.97 Å². The molecular weight excluding hydrogens is 500 g/mol. The number of piperidine rings is 3. The zero-order chi connectivity index (χ0) is 30.9. The number of hydrogen-bond acceptors (Lipinski definition) is 7. The van der Waals surface area contributed by atoms with Crippen molar-refractivity contribution in [2.24, 2.45) is 23.2 Å². The fourth-order valence-corrected chi connectivity index (χ4v) is 10.2. The largest absolute Gasteiger partial charge is 0.481 e. The first-order valence-corrected chi connectivity index (χ1v) is 14.8. The topological polar surface area (TPSA) is 118 Å². The SMILES string of the molecule is CC1(C)CC(C(C(=O)O)(C2CC(C)(C)N(C#N)C(C)(C)C2)C2CC(C)(C)N(C#N)C(C)(C)C2)CC(C)(C)N1C#N. The summed E-state index contributed by atoms with van der Waals surface area (Å²) in [4.78, 5) is 19.8. The van der Waals surface area contributed by atoms with Crippen LogP contribution in [0.2, 0.25) is 0 Å². The first kappa shape index (κ1) is 31.9. The van der Waals surface area contributed by atoms with Gasteiger partial charge in [-0.3, -0.25) is 19.5 Å². The molecule has 0 bridgehead atoms. The minimum absolute atomic E-state index is 0.185. The molecule has 3 aliphatic rings. The van der Waals surface area contributed by atoms with Crippen LogP contribution in [-0.2, 0) is 4.79 Å². The molecule has 0 aromatic rings. The van der Waals surface area contributed by atoms with E-state index in [4.69, 9.17) is 0 Å². The second-order valence-corrected chi connectivity index (χ2v) is 16.7. The van der Waals surface area contributed by atoms with Gasteiger partial charge in [0.1, 0.15) is 0 Å². The number of carboxylic acids is 1. The van der Waals surface area contributed by atoms with E-state index < -0.39 is 44.6 Å². The number of hydrogen-bond donors (Lipinski definition) is 1. The van der Waals surface area contributed by atoms with Gasteiger partial charge in [-0.25, -0.2) is 0 Å². The van der Waals surface area contributed by atoms with Crippen molar-refractivity contribution >= 4 is 5.97 Å². The van der Waals surface area contributed by atoms with Crippen LogP contribution in [0.4, 0.5) is 0 Å². The molecule has 0 aromatic heterocycles. The van der Waals surface area contributed by atoms with Gasteiger partial charge in [-0.2, -0.15) is 15.8 Å². The van der Waals surface area contributed by atoms with Crippen LogP contribution in [0.3, 0.4) is 0 Å². The molecule has 3 heterocycles. The van der Waals surface area contributed by atoms with Gasteiger partial charge in [0.05, 0.1) is 5.41 Å². The van der Waals surface area contributed by atoms with Crippen LogP contribution < -0.4 is 0 Å². The number of carbonyl (C=O) groups is 1. The van der Waals surface area contributed by atoms with Gasteiger partial charge in [0, 0.05) is 33.2 Å². The number of nitriles is 3. The molecule has 0 aliphatic carbocycles. The van der Waals surface area contributed by atoms with E-state index in [1.54, 1.807) is 0 Å². The fraction of sp³-hybridized carbons (Fsp3) is 0.875. The monoisotopic (exact) mass is 552 g/mol. The molecule has 3 rings (SSSR count). The molecule has 3 aliphatic heterocycles. The molecular formula is C32H52N6O2. The van der Waals surface area contributed by atoms with Crippen molar-refractivity contribution in [2.45, 2.75) is 155 Å². The Morgan fingerprint density at radius 3 is 0.850 bits per heavy atom. The van der Waals surface area contributed by atoms with Gasteiger partial charge in [0.25, 0.3) is 0 Å². The van der Waals surface area contributed by atoms with Crippen molar-refractivity contribution in [3.05, 3.63) is 0 Å². The highest BCUT2D eigenvalue weighted by Crippen LogP contribution is 2.63. The molecule has 3 saturated heterocycles. The van der Waals surface area contributed by atoms with E-state index in [0.717, 1.165) is 0 Å². The third kappa shape index (κ3) is 4.78. The van der Waals surface area contributed by atoms with Crippen LogP contribution in [0.1, 0.15) is 122 Å². The third-order valence-electron chi connectivity index (χ3n) is 10.8. The smallest absolute Gasteiger partial charge is 0.310 e. The van der Waals surface area contributed by atoms with E-state index in [0.29, 0.717) is 38.5 Å². The number of likely N-dealkylation sites (tertiary alicyclic amines) is 3. The molecule has 0 radical (unpaired) electrons. The molecule has 0 amide bonds. The van der Waals surface area contributed by atoms with Gasteiger partial charge in [-0.05, 0) is 139 Å². The summed E-state index contributed by atoms with van der Waals surface area (Å²) in [7, 11) is 0. The second kappa shape index (κ2) is 9.44. The molecule has 1 N–H and O–H groups in total. The summed E-state index contributed by atoms with van der Waals surface area (Å²) in [6.45, 7) is 24.8. The maximum absolute atomic E-state index is 14.2. The van der Waals surface area contributed by atoms with Crippen LogP contribution in [0.15, 0.2) is 0 Å². The van der Waals surface area contributed by atoms with Crippen LogP contribution in [-0.4, -0.2) is 59.0 Å². The summed E-state index contributed by atoms with van der Waals surface area (Å²) < 4.78 is 0. The predicted molar refractivity (Wildman–Crippen MR) is 155 cm³/mol. The first-order chi connectivity index (χ1) is 18.0. The molecule has 0 unspecified atom stereocenters. The molecule has 0 atom stereocenters. The molecule has 8 nitrogen and oxygen atoms in total. The lowest BCUT2D eigenvalue weighted by Crippen LogP contribution is -2.69. The number of rotatable bonds is 4. The van der Waals surface area contributed by atoms with Crippen LogP contribution >= 0.6 is 0 Å². The summed E-state index contributed by atoms with van der Waals surface area (Å²) in [6, 6.07) is 0. The Balaban J connectivity index is 2.33. The van der Waals surface area contributed by atoms with Crippen molar-refractivity contribution in [1.29, 1.82) is 15.8 Å². The van der Waals surface area contributed by atoms with Gasteiger partial charge in [-0.1, -0.05) is 0 Å². The molecule has 222 valence electrons. The lowest BCUT2D eigenvalue weighted by molar-refractivity contribution is -0.192. The lowest BCUT2D eigenvalue weighted by atomic mass is 9.46. The number of carboxylic acid groups (broad SMARTS) is 1. The van der Waals surface area contributed by atoms with E-state index in [-0.39, 0.29) is 17.8 Å². The van der Waals surface area contributed by atoms with Crippen LogP contribution in [0.5, 0.6) is 0 Å². The first-order valence-electron chi connectivity index (χ1n) is 14.8. The van der Waals surface area contributed by atoms with Crippen molar-refractivity contribution < 1.29 is 9.90 Å². The lowest BCUT2D eigenvalue weighted by Gasteiger charge is -2.64. The highest BCUT2D eigenvalue weighted by molar-refractivity contribution is 5.76. The molecule has 0 spiro atoms. The van der Waals surface area contributed by atoms with Crippen LogP contribution in [0.25, 0.3) is 0 Å². The summed E-state index contributed by atoms with van der Waals surface area (Å²) in [6.07, 6.45) is 10.8. The summed E-state index contributed by atoms with van der Waals surface area (Å²) in [5, 5.41) is 42.0. The highest BCUT2D eigenvalue weighted by Gasteiger charge is 2.66. The summed E-state index contributed by atoms with van der Waals surface area (Å²) in [5.74, 6) is -1.32. The minimum atomic E-state index is -1.09. The molecule has 3 fully saturated rings. The quantitative estimate of drug-likeness (QED) is 0.403. The minimum Gasteiger partial charge on any atom is -0.481 e. The molecule has 40 heavy (non-hydrogen) atoms. The Kier molecular flexibility index (Phi) is 7.52. The van der Waals surface area contributed by atoms with Crippen molar-refractivity contribution in [3.8, 4) is 18.6 Å².